The van der Waals surface area contributed by atoms with Gasteiger partial charge in [-0.25, -0.2) is 14.0 Å². The van der Waals surface area contributed by atoms with Crippen molar-refractivity contribution >= 4 is 12.1 Å². The van der Waals surface area contributed by atoms with Gasteiger partial charge in [-0.3, -0.25) is 0 Å². The van der Waals surface area contributed by atoms with E-state index in [2.05, 4.69) is 0 Å². The molecule has 0 radical (unpaired) electrons. The first-order valence-electron chi connectivity index (χ1n) is 6.34. The van der Waals surface area contributed by atoms with Gasteiger partial charge in [0.1, 0.15) is 5.60 Å². The van der Waals surface area contributed by atoms with E-state index in [1.807, 2.05) is 0 Å². The van der Waals surface area contributed by atoms with Crippen LogP contribution < -0.4 is 0 Å². The van der Waals surface area contributed by atoms with Gasteiger partial charge in [0, 0.05) is 18.0 Å². The normalized spacial score (nSPS) is 24.1. The van der Waals surface area contributed by atoms with E-state index in [0.717, 1.165) is 0 Å². The predicted octanol–water partition coefficient (Wildman–Crippen LogP) is 2.44. The van der Waals surface area contributed by atoms with Gasteiger partial charge in [0.15, 0.2) is 0 Å². The van der Waals surface area contributed by atoms with Gasteiger partial charge >= 0.3 is 12.1 Å². The number of carboxylic acids is 1. The number of rotatable bonds is 2. The first-order chi connectivity index (χ1) is 8.47. The molecule has 1 saturated heterocycles. The summed E-state index contributed by atoms with van der Waals surface area (Å²) in [6.45, 7) is 8.90. The molecule has 0 aromatic carbocycles. The minimum absolute atomic E-state index is 0.306. The molecule has 19 heavy (non-hydrogen) atoms. The van der Waals surface area contributed by atoms with Crippen LogP contribution in [0.5, 0.6) is 0 Å². The van der Waals surface area contributed by atoms with Crippen molar-refractivity contribution < 1.29 is 23.8 Å². The highest BCUT2D eigenvalue weighted by Gasteiger charge is 2.50. The number of carbonyl (C=O) groups is 2. The highest BCUT2D eigenvalue weighted by atomic mass is 19.1. The number of carbonyl (C=O) groups excluding carboxylic acids is 1. The first kappa shape index (κ1) is 15.7. The fraction of sp³-hybridized carbons (Fsp3) is 0.846. The van der Waals surface area contributed by atoms with Crippen molar-refractivity contribution in [2.75, 3.05) is 6.54 Å². The molecule has 1 aliphatic heterocycles. The molecule has 2 unspecified atom stereocenters. The fourth-order valence-electron chi connectivity index (χ4n) is 2.43. The number of alkyl halides is 1. The van der Waals surface area contributed by atoms with Gasteiger partial charge in [-0.1, -0.05) is 0 Å². The van der Waals surface area contributed by atoms with Gasteiger partial charge in [0.25, 0.3) is 0 Å². The van der Waals surface area contributed by atoms with Gasteiger partial charge < -0.3 is 14.7 Å². The Morgan fingerprint density at radius 3 is 2.37 bits per heavy atom. The molecular formula is C13H22FNO4. The van der Waals surface area contributed by atoms with E-state index < -0.39 is 35.3 Å². The van der Waals surface area contributed by atoms with Crippen LogP contribution in [0.4, 0.5) is 9.18 Å². The Bertz CT molecular complexity index is 375. The number of nitrogens with zero attached hydrogens (tertiary/aromatic N) is 1. The largest absolute Gasteiger partial charge is 0.479 e. The lowest BCUT2D eigenvalue weighted by Gasteiger charge is -2.37. The van der Waals surface area contributed by atoms with Crippen molar-refractivity contribution in [3.05, 3.63) is 0 Å². The van der Waals surface area contributed by atoms with Gasteiger partial charge in [-0.05, 0) is 41.0 Å². The Morgan fingerprint density at radius 1 is 1.42 bits per heavy atom. The van der Waals surface area contributed by atoms with Gasteiger partial charge in [-0.2, -0.15) is 0 Å². The second-order valence-electron chi connectivity index (χ2n) is 6.42. The van der Waals surface area contributed by atoms with Gasteiger partial charge in [-0.15, -0.1) is 0 Å². The Kier molecular flexibility index (Phi) is 4.12. The third-order valence-electron chi connectivity index (χ3n) is 3.47. The van der Waals surface area contributed by atoms with E-state index in [9.17, 15) is 14.0 Å². The van der Waals surface area contributed by atoms with E-state index in [1.54, 1.807) is 34.6 Å². The molecule has 0 spiro atoms. The van der Waals surface area contributed by atoms with Gasteiger partial charge in [0.2, 0.25) is 6.17 Å². The zero-order valence-corrected chi connectivity index (χ0v) is 12.1. The number of likely N-dealkylation sites (tertiary alicyclic amines) is 1. The van der Waals surface area contributed by atoms with E-state index in [4.69, 9.17) is 9.84 Å². The average molecular weight is 275 g/mol. The number of hydrogen-bond acceptors (Lipinski definition) is 3. The second kappa shape index (κ2) is 4.98. The summed E-state index contributed by atoms with van der Waals surface area (Å²) in [5.74, 6) is -2.21. The summed E-state index contributed by atoms with van der Waals surface area (Å²) < 4.78 is 19.0. The Balaban J connectivity index is 2.85. The first-order valence-corrected chi connectivity index (χ1v) is 6.34. The van der Waals surface area contributed by atoms with Crippen LogP contribution in [0.15, 0.2) is 0 Å². The summed E-state index contributed by atoms with van der Waals surface area (Å²) in [4.78, 5) is 24.2. The Labute approximate surface area is 112 Å². The van der Waals surface area contributed by atoms with Crippen LogP contribution in [0.3, 0.4) is 0 Å². The van der Waals surface area contributed by atoms with Crippen LogP contribution in [-0.2, 0) is 9.53 Å². The molecule has 1 rings (SSSR count). The van der Waals surface area contributed by atoms with E-state index in [0.29, 0.717) is 13.0 Å². The molecule has 0 aromatic heterocycles. The van der Waals surface area contributed by atoms with Crippen molar-refractivity contribution in [2.45, 2.75) is 58.4 Å². The SMILES string of the molecule is CC(C)(C)OC(=O)N1CCC(C(F)C(=O)O)C1(C)C. The highest BCUT2D eigenvalue weighted by Crippen LogP contribution is 2.38. The monoisotopic (exact) mass is 275 g/mol. The lowest BCUT2D eigenvalue weighted by molar-refractivity contribution is -0.146. The number of halogens is 1. The number of hydrogen-bond donors (Lipinski definition) is 1. The molecular weight excluding hydrogens is 253 g/mol. The fourth-order valence-corrected chi connectivity index (χ4v) is 2.43. The molecule has 1 N–H and O–H groups in total. The maximum atomic E-state index is 13.7. The molecule has 0 aromatic rings. The van der Waals surface area contributed by atoms with Crippen LogP contribution in [-0.4, -0.2) is 45.9 Å². The lowest BCUT2D eigenvalue weighted by Crippen LogP contribution is -2.50. The standard InChI is InChI=1S/C13H22FNO4/c1-12(2,3)19-11(18)15-7-6-8(13(15,4)5)9(14)10(16)17/h8-9H,6-7H2,1-5H3,(H,16,17). The number of ether oxygens (including phenoxy) is 1. The molecule has 0 saturated carbocycles. The van der Waals surface area contributed by atoms with E-state index >= 15 is 0 Å². The number of amides is 1. The molecule has 2 atom stereocenters. The summed E-state index contributed by atoms with van der Waals surface area (Å²) in [6.07, 6.45) is -2.18. The molecule has 1 heterocycles. The number of carboxylic acid groups (broad SMARTS) is 1. The molecule has 5 nitrogen and oxygen atoms in total. The van der Waals surface area contributed by atoms with Crippen LogP contribution >= 0.6 is 0 Å². The summed E-state index contributed by atoms with van der Waals surface area (Å²) in [5.41, 5.74) is -1.51. The van der Waals surface area contributed by atoms with Crippen LogP contribution in [0.1, 0.15) is 41.0 Å². The summed E-state index contributed by atoms with van der Waals surface area (Å²) >= 11 is 0. The molecule has 110 valence electrons. The number of aliphatic carboxylic acids is 1. The third kappa shape index (κ3) is 3.36. The van der Waals surface area contributed by atoms with Crippen molar-refractivity contribution in [3.8, 4) is 0 Å². The quantitative estimate of drug-likeness (QED) is 0.840. The lowest BCUT2D eigenvalue weighted by atomic mass is 9.85. The van der Waals surface area contributed by atoms with Gasteiger partial charge in [0.05, 0.1) is 0 Å². The smallest absolute Gasteiger partial charge is 0.410 e. The van der Waals surface area contributed by atoms with Crippen molar-refractivity contribution in [1.29, 1.82) is 0 Å². The summed E-state index contributed by atoms with van der Waals surface area (Å²) in [6, 6.07) is 0. The predicted molar refractivity (Wildman–Crippen MR) is 67.7 cm³/mol. The summed E-state index contributed by atoms with van der Waals surface area (Å²) in [7, 11) is 0. The third-order valence-corrected chi connectivity index (χ3v) is 3.47. The average Bonchev–Trinajstić information content (AvgIpc) is 2.49. The van der Waals surface area contributed by atoms with Crippen LogP contribution in [0, 0.1) is 5.92 Å². The topological polar surface area (TPSA) is 66.8 Å². The minimum atomic E-state index is -1.97. The van der Waals surface area contributed by atoms with E-state index in [-0.39, 0.29) is 0 Å². The van der Waals surface area contributed by atoms with Crippen molar-refractivity contribution in [2.24, 2.45) is 5.92 Å². The van der Waals surface area contributed by atoms with E-state index in [1.165, 1.54) is 4.90 Å². The van der Waals surface area contributed by atoms with Crippen LogP contribution in [0.25, 0.3) is 0 Å². The Morgan fingerprint density at radius 2 is 1.95 bits per heavy atom. The molecule has 1 aliphatic rings. The zero-order valence-electron chi connectivity index (χ0n) is 12.1. The molecule has 0 bridgehead atoms. The highest BCUT2D eigenvalue weighted by molar-refractivity contribution is 5.74. The maximum absolute atomic E-state index is 13.7. The van der Waals surface area contributed by atoms with Crippen molar-refractivity contribution in [3.63, 3.8) is 0 Å². The minimum Gasteiger partial charge on any atom is -0.479 e. The second-order valence-corrected chi connectivity index (χ2v) is 6.42. The van der Waals surface area contributed by atoms with Crippen LogP contribution in [0.2, 0.25) is 0 Å². The zero-order chi connectivity index (χ0) is 15.0. The summed E-state index contributed by atoms with van der Waals surface area (Å²) in [5, 5.41) is 8.78. The van der Waals surface area contributed by atoms with Crippen molar-refractivity contribution in [1.82, 2.24) is 4.90 Å². The molecule has 6 heteroatoms. The molecule has 0 aliphatic carbocycles. The molecule has 1 amide bonds. The Hall–Kier alpha value is -1.33. The maximum Gasteiger partial charge on any atom is 0.410 e. The molecule has 1 fully saturated rings.